The molecular formula is C10H10O6S. The van der Waals surface area contributed by atoms with E-state index in [1.807, 2.05) is 0 Å². The van der Waals surface area contributed by atoms with Gasteiger partial charge in [0.15, 0.2) is 16.1 Å². The average molecular weight is 258 g/mol. The molecule has 0 aromatic heterocycles. The third-order valence-corrected chi connectivity index (χ3v) is 3.24. The Morgan fingerprint density at radius 3 is 2.35 bits per heavy atom. The fourth-order valence-corrected chi connectivity index (χ4v) is 2.19. The molecule has 0 saturated heterocycles. The summed E-state index contributed by atoms with van der Waals surface area (Å²) >= 11 is 0. The Bertz CT molecular complexity index is 573. The minimum Gasteiger partial charge on any atom is -0.496 e. The number of methoxy groups -OCH3 is 1. The van der Waals surface area contributed by atoms with Crippen molar-refractivity contribution in [2.45, 2.75) is 4.90 Å². The molecule has 0 amide bonds. The Morgan fingerprint density at radius 2 is 2.00 bits per heavy atom. The number of rotatable bonds is 4. The largest absolute Gasteiger partial charge is 0.496 e. The number of sulfone groups is 1. The second-order valence-electron chi connectivity index (χ2n) is 3.29. The Balaban J connectivity index is 3.68. The number of aromatic carboxylic acids is 1. The number of ether oxygens (including phenoxy) is 1. The van der Waals surface area contributed by atoms with Crippen molar-refractivity contribution in [2.75, 3.05) is 13.4 Å². The van der Waals surface area contributed by atoms with Crippen LogP contribution in [0.4, 0.5) is 0 Å². The van der Waals surface area contributed by atoms with Gasteiger partial charge in [0.2, 0.25) is 0 Å². The van der Waals surface area contributed by atoms with Crippen LogP contribution >= 0.6 is 0 Å². The number of benzene rings is 1. The van der Waals surface area contributed by atoms with E-state index in [0.29, 0.717) is 6.29 Å². The van der Waals surface area contributed by atoms with Gasteiger partial charge in [-0.15, -0.1) is 0 Å². The van der Waals surface area contributed by atoms with Crippen molar-refractivity contribution in [2.24, 2.45) is 0 Å². The average Bonchev–Trinajstić information content (AvgIpc) is 2.25. The van der Waals surface area contributed by atoms with Crippen LogP contribution in [0.2, 0.25) is 0 Å². The van der Waals surface area contributed by atoms with Crippen LogP contribution in [0.1, 0.15) is 20.7 Å². The fourth-order valence-electron chi connectivity index (χ4n) is 1.32. The van der Waals surface area contributed by atoms with Gasteiger partial charge in [0.1, 0.15) is 11.3 Å². The van der Waals surface area contributed by atoms with Gasteiger partial charge in [-0.25, -0.2) is 13.2 Å². The van der Waals surface area contributed by atoms with E-state index in [-0.39, 0.29) is 21.8 Å². The second-order valence-corrected chi connectivity index (χ2v) is 5.27. The van der Waals surface area contributed by atoms with Gasteiger partial charge < -0.3 is 9.84 Å². The molecule has 0 radical (unpaired) electrons. The third-order valence-electron chi connectivity index (χ3n) is 2.09. The zero-order chi connectivity index (χ0) is 13.2. The van der Waals surface area contributed by atoms with E-state index in [2.05, 4.69) is 0 Å². The monoisotopic (exact) mass is 258 g/mol. The first-order chi connectivity index (χ1) is 7.81. The maximum Gasteiger partial charge on any atom is 0.339 e. The molecule has 0 saturated carbocycles. The van der Waals surface area contributed by atoms with E-state index < -0.39 is 15.8 Å². The van der Waals surface area contributed by atoms with Crippen LogP contribution in [0.15, 0.2) is 17.0 Å². The summed E-state index contributed by atoms with van der Waals surface area (Å²) in [6.07, 6.45) is 1.23. The predicted molar refractivity (Wildman–Crippen MR) is 58.5 cm³/mol. The normalized spacial score (nSPS) is 10.9. The first-order valence-electron chi connectivity index (χ1n) is 4.41. The molecular weight excluding hydrogens is 248 g/mol. The maximum absolute atomic E-state index is 11.4. The summed E-state index contributed by atoms with van der Waals surface area (Å²) in [5.74, 6) is -1.39. The lowest BCUT2D eigenvalue weighted by molar-refractivity contribution is 0.0692. The van der Waals surface area contributed by atoms with Gasteiger partial charge in [0, 0.05) is 11.8 Å². The molecule has 0 fully saturated rings. The topological polar surface area (TPSA) is 97.7 Å². The smallest absolute Gasteiger partial charge is 0.339 e. The van der Waals surface area contributed by atoms with Crippen molar-refractivity contribution >= 4 is 22.1 Å². The lowest BCUT2D eigenvalue weighted by Crippen LogP contribution is -2.08. The Kier molecular flexibility index (Phi) is 3.52. The first-order valence-corrected chi connectivity index (χ1v) is 6.31. The SMILES string of the molecule is COc1cc(C=O)c(S(C)(=O)=O)cc1C(=O)O. The second kappa shape index (κ2) is 4.54. The standard InChI is InChI=1S/C10H10O6S/c1-16-8-3-6(5-11)9(17(2,14)15)4-7(8)10(12)13/h3-5H,1-2H3,(H,12,13). The van der Waals surface area contributed by atoms with E-state index in [1.54, 1.807) is 0 Å². The van der Waals surface area contributed by atoms with Gasteiger partial charge in [-0.2, -0.15) is 0 Å². The van der Waals surface area contributed by atoms with Crippen molar-refractivity contribution in [3.05, 3.63) is 23.3 Å². The van der Waals surface area contributed by atoms with Crippen molar-refractivity contribution in [1.29, 1.82) is 0 Å². The summed E-state index contributed by atoms with van der Waals surface area (Å²) in [7, 11) is -2.44. The molecule has 1 N–H and O–H groups in total. The highest BCUT2D eigenvalue weighted by atomic mass is 32.2. The van der Waals surface area contributed by atoms with Gasteiger partial charge in [0.05, 0.1) is 12.0 Å². The molecule has 1 aromatic rings. The zero-order valence-electron chi connectivity index (χ0n) is 9.13. The molecule has 17 heavy (non-hydrogen) atoms. The molecule has 6 nitrogen and oxygen atoms in total. The molecule has 0 atom stereocenters. The van der Waals surface area contributed by atoms with Crippen LogP contribution in [0.25, 0.3) is 0 Å². The lowest BCUT2D eigenvalue weighted by atomic mass is 10.1. The summed E-state index contributed by atoms with van der Waals surface area (Å²) in [6, 6.07) is 2.01. The summed E-state index contributed by atoms with van der Waals surface area (Å²) in [4.78, 5) is 21.3. The number of carbonyl (C=O) groups excluding carboxylic acids is 1. The summed E-state index contributed by atoms with van der Waals surface area (Å²) in [6.45, 7) is 0. The highest BCUT2D eigenvalue weighted by molar-refractivity contribution is 7.90. The first kappa shape index (κ1) is 13.2. The van der Waals surface area contributed by atoms with E-state index in [9.17, 15) is 18.0 Å². The molecule has 1 aromatic carbocycles. The van der Waals surface area contributed by atoms with Crippen LogP contribution in [-0.2, 0) is 9.84 Å². The lowest BCUT2D eigenvalue weighted by Gasteiger charge is -2.09. The molecule has 0 heterocycles. The Morgan fingerprint density at radius 1 is 1.41 bits per heavy atom. The van der Waals surface area contributed by atoms with Crippen LogP contribution in [-0.4, -0.2) is 39.1 Å². The van der Waals surface area contributed by atoms with Crippen molar-refractivity contribution in [3.63, 3.8) is 0 Å². The number of hydrogen-bond donors (Lipinski definition) is 1. The highest BCUT2D eigenvalue weighted by Crippen LogP contribution is 2.25. The number of carboxylic acid groups (broad SMARTS) is 1. The van der Waals surface area contributed by atoms with Crippen LogP contribution < -0.4 is 4.74 Å². The molecule has 1 rings (SSSR count). The molecule has 0 bridgehead atoms. The molecule has 0 aliphatic rings. The summed E-state index contributed by atoms with van der Waals surface area (Å²) in [5, 5.41) is 8.89. The summed E-state index contributed by atoms with van der Waals surface area (Å²) in [5.41, 5.74) is -0.437. The van der Waals surface area contributed by atoms with Crippen LogP contribution in [0.3, 0.4) is 0 Å². The third kappa shape index (κ3) is 2.62. The molecule has 0 aliphatic carbocycles. The van der Waals surface area contributed by atoms with Gasteiger partial charge in [0.25, 0.3) is 0 Å². The van der Waals surface area contributed by atoms with Gasteiger partial charge >= 0.3 is 5.97 Å². The number of hydrogen-bond acceptors (Lipinski definition) is 5. The molecule has 92 valence electrons. The molecule has 0 aliphatic heterocycles. The zero-order valence-corrected chi connectivity index (χ0v) is 9.95. The minimum atomic E-state index is -3.68. The Labute approximate surface area is 97.7 Å². The Hall–Kier alpha value is -1.89. The van der Waals surface area contributed by atoms with E-state index >= 15 is 0 Å². The fraction of sp³-hybridized carbons (Fsp3) is 0.200. The highest BCUT2D eigenvalue weighted by Gasteiger charge is 2.20. The van der Waals surface area contributed by atoms with E-state index in [4.69, 9.17) is 9.84 Å². The van der Waals surface area contributed by atoms with Gasteiger partial charge in [-0.3, -0.25) is 4.79 Å². The summed E-state index contributed by atoms with van der Waals surface area (Å²) < 4.78 is 27.6. The number of aldehydes is 1. The van der Waals surface area contributed by atoms with Crippen LogP contribution in [0.5, 0.6) is 5.75 Å². The minimum absolute atomic E-state index is 0.0630. The number of carboxylic acids is 1. The van der Waals surface area contributed by atoms with E-state index in [0.717, 1.165) is 18.4 Å². The van der Waals surface area contributed by atoms with Gasteiger partial charge in [-0.1, -0.05) is 0 Å². The number of carbonyl (C=O) groups is 2. The predicted octanol–water partition coefficient (Wildman–Crippen LogP) is 0.609. The maximum atomic E-state index is 11.4. The molecule has 0 spiro atoms. The molecule has 7 heteroatoms. The van der Waals surface area contributed by atoms with E-state index in [1.165, 1.54) is 7.11 Å². The quantitative estimate of drug-likeness (QED) is 0.794. The van der Waals surface area contributed by atoms with Crippen molar-refractivity contribution in [1.82, 2.24) is 0 Å². The van der Waals surface area contributed by atoms with Gasteiger partial charge in [-0.05, 0) is 12.1 Å². The van der Waals surface area contributed by atoms with Crippen molar-refractivity contribution < 1.29 is 27.9 Å². The van der Waals surface area contributed by atoms with Crippen molar-refractivity contribution in [3.8, 4) is 5.75 Å². The molecule has 0 unspecified atom stereocenters. The van der Waals surface area contributed by atoms with Crippen LogP contribution in [0, 0.1) is 0 Å².